The molecule has 0 aliphatic heterocycles. The maximum absolute atomic E-state index is 11.6. The van der Waals surface area contributed by atoms with Crippen molar-refractivity contribution in [3.8, 4) is 0 Å². The summed E-state index contributed by atoms with van der Waals surface area (Å²) in [4.78, 5) is 30.2. The van der Waals surface area contributed by atoms with Gasteiger partial charge in [0.05, 0.1) is 11.8 Å². The van der Waals surface area contributed by atoms with E-state index < -0.39 is 18.7 Å². The van der Waals surface area contributed by atoms with Crippen molar-refractivity contribution in [1.82, 2.24) is 0 Å². The topological polar surface area (TPSA) is 83.8 Å². The number of carbonyl (C=O) groups excluding carboxylic acids is 1. The molecule has 2 N–H and O–H groups in total. The standard InChI is InChI=1S/C11H21O5P/c1-5-11(6-2,17(13,14)15)9(4)8-10(12)16-7-3/h8H,5-7H2,1-4H3,(H2,13,14,15)/b9-8+. The van der Waals surface area contributed by atoms with E-state index >= 15 is 0 Å². The quantitative estimate of drug-likeness (QED) is 0.436. The minimum atomic E-state index is -4.31. The highest BCUT2D eigenvalue weighted by atomic mass is 31.2. The zero-order chi connectivity index (χ0) is 13.7. The van der Waals surface area contributed by atoms with Crippen molar-refractivity contribution in [2.24, 2.45) is 0 Å². The van der Waals surface area contributed by atoms with Crippen molar-refractivity contribution in [2.45, 2.75) is 45.7 Å². The second-order valence-corrected chi connectivity index (χ2v) is 5.81. The third-order valence-corrected chi connectivity index (χ3v) is 5.18. The number of esters is 1. The number of ether oxygens (including phenoxy) is 1. The summed E-state index contributed by atoms with van der Waals surface area (Å²) in [6.07, 6.45) is 1.72. The van der Waals surface area contributed by atoms with Gasteiger partial charge >= 0.3 is 13.6 Å². The van der Waals surface area contributed by atoms with Crippen molar-refractivity contribution >= 4 is 13.6 Å². The van der Waals surface area contributed by atoms with Gasteiger partial charge in [0, 0.05) is 6.08 Å². The molecule has 0 saturated carbocycles. The monoisotopic (exact) mass is 264 g/mol. The predicted molar refractivity (Wildman–Crippen MR) is 65.7 cm³/mol. The Bertz CT molecular complexity index is 338. The number of hydrogen-bond acceptors (Lipinski definition) is 3. The van der Waals surface area contributed by atoms with Crippen molar-refractivity contribution in [2.75, 3.05) is 6.61 Å². The van der Waals surface area contributed by atoms with Crippen molar-refractivity contribution in [3.05, 3.63) is 11.6 Å². The molecule has 0 radical (unpaired) electrons. The molecule has 0 fully saturated rings. The molecule has 0 unspecified atom stereocenters. The van der Waals surface area contributed by atoms with Crippen LogP contribution >= 0.6 is 7.60 Å². The Kier molecular flexibility index (Phi) is 6.10. The van der Waals surface area contributed by atoms with Crippen LogP contribution in [0.25, 0.3) is 0 Å². The Morgan fingerprint density at radius 3 is 2.06 bits per heavy atom. The average Bonchev–Trinajstić information content (AvgIpc) is 2.18. The van der Waals surface area contributed by atoms with Crippen molar-refractivity contribution in [3.63, 3.8) is 0 Å². The van der Waals surface area contributed by atoms with Gasteiger partial charge in [-0.2, -0.15) is 0 Å². The fourth-order valence-corrected chi connectivity index (χ4v) is 3.29. The molecule has 0 rings (SSSR count). The third kappa shape index (κ3) is 3.66. The Labute approximate surface area is 102 Å². The lowest BCUT2D eigenvalue weighted by Crippen LogP contribution is -2.29. The van der Waals surface area contributed by atoms with Gasteiger partial charge in [0.2, 0.25) is 0 Å². The van der Waals surface area contributed by atoms with Crippen LogP contribution in [-0.4, -0.2) is 27.5 Å². The van der Waals surface area contributed by atoms with Crippen LogP contribution in [0.1, 0.15) is 40.5 Å². The molecular formula is C11H21O5P. The van der Waals surface area contributed by atoms with Gasteiger partial charge in [0.25, 0.3) is 0 Å². The fraction of sp³-hybridized carbons (Fsp3) is 0.727. The second kappa shape index (κ2) is 6.34. The van der Waals surface area contributed by atoms with Crippen LogP contribution in [0.3, 0.4) is 0 Å². The van der Waals surface area contributed by atoms with E-state index in [-0.39, 0.29) is 19.4 Å². The van der Waals surface area contributed by atoms with Gasteiger partial charge in [-0.05, 0) is 32.3 Å². The molecule has 6 heteroatoms. The van der Waals surface area contributed by atoms with Crippen LogP contribution in [0.5, 0.6) is 0 Å². The lowest BCUT2D eigenvalue weighted by atomic mass is 9.93. The van der Waals surface area contributed by atoms with Crippen LogP contribution in [0.4, 0.5) is 0 Å². The van der Waals surface area contributed by atoms with Gasteiger partial charge in [-0.3, -0.25) is 4.57 Å². The highest BCUT2D eigenvalue weighted by Gasteiger charge is 2.45. The number of carbonyl (C=O) groups is 1. The first-order valence-electron chi connectivity index (χ1n) is 5.66. The SMILES string of the molecule is CCOC(=O)/C=C(\C)C(CC)(CC)P(=O)(O)O. The van der Waals surface area contributed by atoms with E-state index in [1.54, 1.807) is 27.7 Å². The van der Waals surface area contributed by atoms with Gasteiger partial charge in [0.15, 0.2) is 0 Å². The van der Waals surface area contributed by atoms with E-state index in [9.17, 15) is 19.1 Å². The molecular weight excluding hydrogens is 243 g/mol. The maximum atomic E-state index is 11.6. The van der Waals surface area contributed by atoms with Crippen LogP contribution in [0.15, 0.2) is 11.6 Å². The highest BCUT2D eigenvalue weighted by molar-refractivity contribution is 7.53. The summed E-state index contributed by atoms with van der Waals surface area (Å²) in [5, 5.41) is -1.26. The molecule has 0 heterocycles. The van der Waals surface area contributed by atoms with Gasteiger partial charge < -0.3 is 14.5 Å². The van der Waals surface area contributed by atoms with E-state index in [2.05, 4.69) is 0 Å². The number of allylic oxidation sites excluding steroid dienone is 1. The summed E-state index contributed by atoms with van der Waals surface area (Å²) in [5.74, 6) is -0.565. The second-order valence-electron chi connectivity index (χ2n) is 3.86. The van der Waals surface area contributed by atoms with E-state index in [1.165, 1.54) is 6.08 Å². The Morgan fingerprint density at radius 2 is 1.76 bits per heavy atom. The summed E-state index contributed by atoms with van der Waals surface area (Å²) in [6.45, 7) is 6.87. The van der Waals surface area contributed by atoms with Crippen molar-refractivity contribution in [1.29, 1.82) is 0 Å². The largest absolute Gasteiger partial charge is 0.463 e. The predicted octanol–water partition coefficient (Wildman–Crippen LogP) is 2.23. The highest BCUT2D eigenvalue weighted by Crippen LogP contribution is 2.58. The van der Waals surface area contributed by atoms with E-state index in [0.717, 1.165) is 0 Å². The van der Waals surface area contributed by atoms with Gasteiger partial charge in [0.1, 0.15) is 0 Å². The zero-order valence-electron chi connectivity index (χ0n) is 10.8. The molecule has 0 spiro atoms. The zero-order valence-corrected chi connectivity index (χ0v) is 11.7. The number of hydrogen-bond donors (Lipinski definition) is 2. The fourth-order valence-electron chi connectivity index (χ4n) is 1.94. The maximum Gasteiger partial charge on any atom is 0.335 e. The Morgan fingerprint density at radius 1 is 1.29 bits per heavy atom. The van der Waals surface area contributed by atoms with E-state index in [4.69, 9.17) is 4.74 Å². The minimum Gasteiger partial charge on any atom is -0.463 e. The van der Waals surface area contributed by atoms with Crippen LogP contribution in [-0.2, 0) is 14.1 Å². The lowest BCUT2D eigenvalue weighted by Gasteiger charge is -2.33. The molecule has 0 aromatic rings. The smallest absolute Gasteiger partial charge is 0.335 e. The molecule has 0 aliphatic carbocycles. The lowest BCUT2D eigenvalue weighted by molar-refractivity contribution is -0.137. The Hall–Kier alpha value is -0.640. The van der Waals surface area contributed by atoms with Crippen molar-refractivity contribution < 1.29 is 23.9 Å². The minimum absolute atomic E-state index is 0.240. The summed E-state index contributed by atoms with van der Waals surface area (Å²) in [6, 6.07) is 0. The molecule has 0 aromatic carbocycles. The average molecular weight is 264 g/mol. The molecule has 0 bridgehead atoms. The molecule has 5 nitrogen and oxygen atoms in total. The summed E-state index contributed by atoms with van der Waals surface area (Å²) < 4.78 is 16.3. The summed E-state index contributed by atoms with van der Waals surface area (Å²) in [5.41, 5.74) is 0.370. The molecule has 100 valence electrons. The molecule has 0 atom stereocenters. The number of rotatable bonds is 6. The molecule has 0 aromatic heterocycles. The Balaban J connectivity index is 5.36. The summed E-state index contributed by atoms with van der Waals surface area (Å²) in [7, 11) is -4.31. The molecule has 17 heavy (non-hydrogen) atoms. The van der Waals surface area contributed by atoms with Crippen LogP contribution in [0.2, 0.25) is 0 Å². The normalized spacial score (nSPS) is 13.6. The first-order valence-corrected chi connectivity index (χ1v) is 7.27. The van der Waals surface area contributed by atoms with Gasteiger partial charge in [-0.25, -0.2) is 4.79 Å². The van der Waals surface area contributed by atoms with Gasteiger partial charge in [-0.1, -0.05) is 13.8 Å². The first kappa shape index (κ1) is 16.4. The van der Waals surface area contributed by atoms with E-state index in [1.807, 2.05) is 0 Å². The summed E-state index contributed by atoms with van der Waals surface area (Å²) >= 11 is 0. The van der Waals surface area contributed by atoms with E-state index in [0.29, 0.717) is 5.57 Å². The van der Waals surface area contributed by atoms with Crippen LogP contribution < -0.4 is 0 Å². The molecule has 0 amide bonds. The van der Waals surface area contributed by atoms with Crippen LogP contribution in [0, 0.1) is 0 Å². The first-order chi connectivity index (χ1) is 7.75. The third-order valence-electron chi connectivity index (χ3n) is 3.08. The van der Waals surface area contributed by atoms with Gasteiger partial charge in [-0.15, -0.1) is 0 Å². The molecule has 0 saturated heterocycles. The molecule has 0 aliphatic rings.